The Bertz CT molecular complexity index is 697. The van der Waals surface area contributed by atoms with Gasteiger partial charge in [0.05, 0.1) is 7.05 Å². The van der Waals surface area contributed by atoms with Gasteiger partial charge in [-0.15, -0.1) is 0 Å². The maximum Gasteiger partial charge on any atom is 0.368 e. The molecular formula is C12H13N4+. The van der Waals surface area contributed by atoms with Gasteiger partial charge in [-0.3, -0.25) is 4.57 Å². The third-order valence-corrected chi connectivity index (χ3v) is 3.06. The monoisotopic (exact) mass is 213 g/mol. The molecule has 0 spiro atoms. The van der Waals surface area contributed by atoms with Crippen LogP contribution in [-0.2, 0) is 14.1 Å². The first kappa shape index (κ1) is 9.27. The van der Waals surface area contributed by atoms with Crippen molar-refractivity contribution >= 4 is 22.3 Å². The van der Waals surface area contributed by atoms with E-state index in [4.69, 9.17) is 0 Å². The van der Waals surface area contributed by atoms with Gasteiger partial charge in [-0.2, -0.15) is 0 Å². The molecule has 0 fully saturated rings. The van der Waals surface area contributed by atoms with Gasteiger partial charge in [0.1, 0.15) is 5.52 Å². The van der Waals surface area contributed by atoms with Gasteiger partial charge in [0.25, 0.3) is 0 Å². The van der Waals surface area contributed by atoms with Crippen molar-refractivity contribution in [3.05, 3.63) is 30.1 Å². The molecule has 2 heterocycles. The summed E-state index contributed by atoms with van der Waals surface area (Å²) in [6.45, 7) is 1.99. The molecule has 0 N–H and O–H groups in total. The summed E-state index contributed by atoms with van der Waals surface area (Å²) in [5.41, 5.74) is 3.96. The molecule has 0 aliphatic rings. The first-order valence-corrected chi connectivity index (χ1v) is 5.26. The van der Waals surface area contributed by atoms with Crippen LogP contribution in [0.3, 0.4) is 0 Å². The van der Waals surface area contributed by atoms with Crippen molar-refractivity contribution in [2.24, 2.45) is 14.1 Å². The minimum absolute atomic E-state index is 0.929. The van der Waals surface area contributed by atoms with Crippen LogP contribution < -0.4 is 4.57 Å². The number of hydrogen-bond donors (Lipinski definition) is 0. The number of rotatable bonds is 0. The third-order valence-electron chi connectivity index (χ3n) is 3.06. The van der Waals surface area contributed by atoms with Gasteiger partial charge in [0.2, 0.25) is 11.5 Å². The molecule has 0 aliphatic heterocycles. The van der Waals surface area contributed by atoms with Crippen LogP contribution in [0, 0.1) is 6.92 Å². The van der Waals surface area contributed by atoms with Crippen LogP contribution in [0.5, 0.6) is 0 Å². The van der Waals surface area contributed by atoms with Gasteiger partial charge >= 0.3 is 5.65 Å². The van der Waals surface area contributed by atoms with E-state index in [1.54, 1.807) is 0 Å². The topological polar surface area (TPSA) is 34.6 Å². The molecule has 1 aromatic carbocycles. The summed E-state index contributed by atoms with van der Waals surface area (Å²) in [5.74, 6) is 0.980. The second kappa shape index (κ2) is 3.01. The highest BCUT2D eigenvalue weighted by Gasteiger charge is 2.19. The Morgan fingerprint density at radius 1 is 1.19 bits per heavy atom. The molecule has 2 aromatic heterocycles. The molecule has 0 saturated carbocycles. The van der Waals surface area contributed by atoms with Crippen molar-refractivity contribution in [2.45, 2.75) is 6.92 Å². The Labute approximate surface area is 93.2 Å². The molecule has 0 amide bonds. The highest BCUT2D eigenvalue weighted by Crippen LogP contribution is 2.13. The van der Waals surface area contributed by atoms with Gasteiger partial charge in [0.15, 0.2) is 5.52 Å². The lowest BCUT2D eigenvalue weighted by molar-refractivity contribution is -0.619. The number of fused-ring (bicyclic) bond motifs is 2. The molecule has 3 aromatic rings. The fourth-order valence-electron chi connectivity index (χ4n) is 2.00. The summed E-state index contributed by atoms with van der Waals surface area (Å²) >= 11 is 0. The van der Waals surface area contributed by atoms with Gasteiger partial charge in [0, 0.05) is 14.0 Å². The van der Waals surface area contributed by atoms with Gasteiger partial charge in [-0.25, -0.2) is 9.55 Å². The number of para-hydroxylation sites is 2. The minimum Gasteiger partial charge on any atom is -0.290 e. The van der Waals surface area contributed by atoms with Gasteiger partial charge < -0.3 is 0 Å². The van der Waals surface area contributed by atoms with Crippen LogP contribution in [0.1, 0.15) is 5.82 Å². The second-order valence-corrected chi connectivity index (χ2v) is 4.02. The summed E-state index contributed by atoms with van der Waals surface area (Å²) in [7, 11) is 4.02. The standard InChI is InChI=1S/C12H13N4/c1-8-13-11-12(15(8)2)14-9-6-4-5-7-10(9)16(11)3/h4-7H,1-3H3/q+1. The maximum atomic E-state index is 4.64. The van der Waals surface area contributed by atoms with E-state index in [0.717, 1.165) is 28.2 Å². The summed E-state index contributed by atoms with van der Waals surface area (Å²) < 4.78 is 4.10. The Morgan fingerprint density at radius 3 is 2.75 bits per heavy atom. The smallest absolute Gasteiger partial charge is 0.290 e. The van der Waals surface area contributed by atoms with Crippen molar-refractivity contribution in [2.75, 3.05) is 0 Å². The molecule has 4 nitrogen and oxygen atoms in total. The van der Waals surface area contributed by atoms with Crippen molar-refractivity contribution in [3.63, 3.8) is 0 Å². The van der Waals surface area contributed by atoms with Crippen LogP contribution in [0.25, 0.3) is 22.3 Å². The number of imidazole rings is 1. The van der Waals surface area contributed by atoms with Crippen LogP contribution >= 0.6 is 0 Å². The lowest BCUT2D eigenvalue weighted by Gasteiger charge is -1.99. The summed E-state index contributed by atoms with van der Waals surface area (Å²) in [6, 6.07) is 8.11. The molecule has 3 rings (SSSR count). The van der Waals surface area contributed by atoms with Crippen LogP contribution in [0.2, 0.25) is 0 Å². The predicted molar refractivity (Wildman–Crippen MR) is 61.9 cm³/mol. The van der Waals surface area contributed by atoms with Crippen LogP contribution in [0.15, 0.2) is 24.3 Å². The van der Waals surface area contributed by atoms with E-state index in [2.05, 4.69) is 20.6 Å². The number of aryl methyl sites for hydroxylation is 3. The van der Waals surface area contributed by atoms with Gasteiger partial charge in [-0.1, -0.05) is 12.1 Å². The molecule has 0 saturated heterocycles. The maximum absolute atomic E-state index is 4.64. The zero-order chi connectivity index (χ0) is 11.3. The largest absolute Gasteiger partial charge is 0.368 e. The molecule has 0 atom stereocenters. The summed E-state index contributed by atoms with van der Waals surface area (Å²) in [4.78, 5) is 9.16. The fraction of sp³-hybridized carbons (Fsp3) is 0.250. The lowest BCUT2D eigenvalue weighted by Crippen LogP contribution is -2.31. The zero-order valence-corrected chi connectivity index (χ0v) is 9.60. The number of nitrogens with zero attached hydrogens (tertiary/aromatic N) is 4. The summed E-state index contributed by atoms with van der Waals surface area (Å²) in [5, 5.41) is 0. The van der Waals surface area contributed by atoms with E-state index in [-0.39, 0.29) is 0 Å². The Balaban J connectivity index is 2.60. The van der Waals surface area contributed by atoms with E-state index >= 15 is 0 Å². The fourth-order valence-corrected chi connectivity index (χ4v) is 2.00. The predicted octanol–water partition coefficient (Wildman–Crippen LogP) is 1.25. The molecule has 0 radical (unpaired) electrons. The molecule has 0 unspecified atom stereocenters. The Hall–Kier alpha value is -1.97. The van der Waals surface area contributed by atoms with Crippen molar-refractivity contribution in [1.29, 1.82) is 0 Å². The number of benzene rings is 1. The van der Waals surface area contributed by atoms with Crippen molar-refractivity contribution in [3.8, 4) is 0 Å². The molecular weight excluding hydrogens is 200 g/mol. The Kier molecular flexibility index (Phi) is 1.74. The van der Waals surface area contributed by atoms with E-state index in [0.29, 0.717) is 0 Å². The SMILES string of the molecule is Cc1nc2c(nc3ccccc3[n+]2C)n1C. The molecule has 4 heteroatoms. The second-order valence-electron chi connectivity index (χ2n) is 4.02. The van der Waals surface area contributed by atoms with Crippen molar-refractivity contribution in [1.82, 2.24) is 14.5 Å². The molecule has 80 valence electrons. The quantitative estimate of drug-likeness (QED) is 0.527. The van der Waals surface area contributed by atoms with Crippen LogP contribution in [-0.4, -0.2) is 14.5 Å². The van der Waals surface area contributed by atoms with Crippen LogP contribution in [0.4, 0.5) is 0 Å². The van der Waals surface area contributed by atoms with Gasteiger partial charge in [-0.05, 0) is 17.1 Å². The van der Waals surface area contributed by atoms with E-state index in [1.807, 2.05) is 43.8 Å². The number of hydrogen-bond acceptors (Lipinski definition) is 2. The highest BCUT2D eigenvalue weighted by molar-refractivity contribution is 5.78. The first-order chi connectivity index (χ1) is 7.68. The normalized spacial score (nSPS) is 11.4. The molecule has 0 bridgehead atoms. The molecule has 0 aliphatic carbocycles. The summed E-state index contributed by atoms with van der Waals surface area (Å²) in [6.07, 6.45) is 0. The number of aromatic nitrogens is 4. The zero-order valence-electron chi connectivity index (χ0n) is 9.60. The molecule has 16 heavy (non-hydrogen) atoms. The van der Waals surface area contributed by atoms with E-state index < -0.39 is 0 Å². The van der Waals surface area contributed by atoms with E-state index in [1.165, 1.54) is 0 Å². The van der Waals surface area contributed by atoms with Crippen molar-refractivity contribution < 1.29 is 4.57 Å². The first-order valence-electron chi connectivity index (χ1n) is 5.26. The highest BCUT2D eigenvalue weighted by atomic mass is 15.2. The lowest BCUT2D eigenvalue weighted by atomic mass is 10.3. The average molecular weight is 213 g/mol. The van der Waals surface area contributed by atoms with E-state index in [9.17, 15) is 0 Å². The third kappa shape index (κ3) is 1.07. The Morgan fingerprint density at radius 2 is 1.94 bits per heavy atom. The average Bonchev–Trinajstić information content (AvgIpc) is 2.58. The minimum atomic E-state index is 0.929.